The summed E-state index contributed by atoms with van der Waals surface area (Å²) in [4.78, 5) is 18.8. The molecule has 0 aliphatic carbocycles. The van der Waals surface area contributed by atoms with Gasteiger partial charge in [0.2, 0.25) is 0 Å². The van der Waals surface area contributed by atoms with E-state index in [1.54, 1.807) is 10.7 Å². The maximum absolute atomic E-state index is 12.1. The van der Waals surface area contributed by atoms with Crippen molar-refractivity contribution in [1.82, 2.24) is 19.7 Å². The van der Waals surface area contributed by atoms with Gasteiger partial charge in [-0.2, -0.15) is 5.10 Å². The number of pyridine rings is 1. The summed E-state index contributed by atoms with van der Waals surface area (Å²) in [6.45, 7) is 6.74. The highest BCUT2D eigenvalue weighted by molar-refractivity contribution is 5.21. The Morgan fingerprint density at radius 2 is 2.18 bits per heavy atom. The second-order valence-corrected chi connectivity index (χ2v) is 6.09. The fourth-order valence-corrected chi connectivity index (χ4v) is 2.85. The molecule has 0 unspecified atom stereocenters. The van der Waals surface area contributed by atoms with Crippen LogP contribution in [0.1, 0.15) is 36.8 Å². The molecule has 0 radical (unpaired) electrons. The van der Waals surface area contributed by atoms with E-state index >= 15 is 0 Å². The van der Waals surface area contributed by atoms with Crippen LogP contribution in [-0.4, -0.2) is 32.8 Å². The summed E-state index contributed by atoms with van der Waals surface area (Å²) in [7, 11) is 0. The molecule has 0 saturated carbocycles. The fourth-order valence-electron chi connectivity index (χ4n) is 2.85. The number of hydrogen-bond donors (Lipinski definition) is 0. The molecule has 3 rings (SSSR count). The Morgan fingerprint density at radius 1 is 1.32 bits per heavy atom. The smallest absolute Gasteiger partial charge is 0.267 e. The van der Waals surface area contributed by atoms with Crippen molar-refractivity contribution < 1.29 is 0 Å². The number of hydrogen-bond acceptors (Lipinski definition) is 4. The maximum atomic E-state index is 12.1. The highest BCUT2D eigenvalue weighted by atomic mass is 16.1. The molecule has 0 aromatic carbocycles. The van der Waals surface area contributed by atoms with Crippen LogP contribution in [0.2, 0.25) is 0 Å². The fraction of sp³-hybridized carbons (Fsp3) is 0.471. The first-order valence-corrected chi connectivity index (χ1v) is 7.87. The summed E-state index contributed by atoms with van der Waals surface area (Å²) in [5.74, 6) is 0. The van der Waals surface area contributed by atoms with Crippen LogP contribution in [0.5, 0.6) is 0 Å². The quantitative estimate of drug-likeness (QED) is 0.864. The Hall–Kier alpha value is -2.01. The van der Waals surface area contributed by atoms with Crippen LogP contribution in [0.15, 0.2) is 35.3 Å². The van der Waals surface area contributed by atoms with Crippen molar-refractivity contribution >= 4 is 0 Å². The molecule has 2 aromatic rings. The summed E-state index contributed by atoms with van der Waals surface area (Å²) in [5, 5.41) is 4.53. The molecular weight excluding hydrogens is 276 g/mol. The molecule has 0 amide bonds. The van der Waals surface area contributed by atoms with Gasteiger partial charge in [-0.05, 0) is 31.5 Å². The van der Waals surface area contributed by atoms with E-state index < -0.39 is 0 Å². The molecule has 5 heteroatoms. The Bertz CT molecular complexity index is 694. The lowest BCUT2D eigenvalue weighted by Crippen LogP contribution is -2.36. The lowest BCUT2D eigenvalue weighted by atomic mass is 10.1. The molecule has 0 N–H and O–H groups in total. The van der Waals surface area contributed by atoms with Crippen LogP contribution in [0, 0.1) is 0 Å². The zero-order valence-corrected chi connectivity index (χ0v) is 13.2. The van der Waals surface area contributed by atoms with Gasteiger partial charge in [-0.15, -0.1) is 0 Å². The lowest BCUT2D eigenvalue weighted by Gasteiger charge is -2.28. The first-order chi connectivity index (χ1) is 10.6. The van der Waals surface area contributed by atoms with E-state index in [0.29, 0.717) is 0 Å². The van der Waals surface area contributed by atoms with E-state index in [1.807, 2.05) is 32.2 Å². The van der Waals surface area contributed by atoms with Crippen LogP contribution in [0.25, 0.3) is 0 Å². The molecule has 2 aromatic heterocycles. The van der Waals surface area contributed by atoms with Gasteiger partial charge in [0.25, 0.3) is 5.56 Å². The molecule has 0 spiro atoms. The summed E-state index contributed by atoms with van der Waals surface area (Å²) < 4.78 is 1.59. The minimum Gasteiger partial charge on any atom is -0.298 e. The normalized spacial score (nSPS) is 15.0. The standard InChI is InChI=1S/C17H22N4O/c1-13(2)21-17(22)11-14-12-20(10-7-16(14)19-21)9-6-15-5-3-4-8-18-15/h3-5,8,11,13H,6-7,9-10,12H2,1-2H3. The molecule has 5 nitrogen and oxygen atoms in total. The third-order valence-corrected chi connectivity index (χ3v) is 4.08. The van der Waals surface area contributed by atoms with Gasteiger partial charge in [0, 0.05) is 50.4 Å². The molecule has 1 aliphatic rings. The summed E-state index contributed by atoms with van der Waals surface area (Å²) in [6, 6.07) is 7.88. The topological polar surface area (TPSA) is 51.0 Å². The molecule has 116 valence electrons. The SMILES string of the molecule is CC(C)n1nc2c(cc1=O)CN(CCc1ccccn1)CC2. The number of nitrogens with zero attached hydrogens (tertiary/aromatic N) is 4. The van der Waals surface area contributed by atoms with Crippen molar-refractivity contribution in [2.75, 3.05) is 13.1 Å². The lowest BCUT2D eigenvalue weighted by molar-refractivity contribution is 0.251. The summed E-state index contributed by atoms with van der Waals surface area (Å²) in [6.07, 6.45) is 3.68. The van der Waals surface area contributed by atoms with Gasteiger partial charge < -0.3 is 0 Å². The minimum atomic E-state index is 0.000302. The molecule has 1 aliphatic heterocycles. The van der Waals surface area contributed by atoms with Gasteiger partial charge in [-0.3, -0.25) is 14.7 Å². The molecule has 0 bridgehead atoms. The number of rotatable bonds is 4. The van der Waals surface area contributed by atoms with E-state index in [0.717, 1.165) is 49.4 Å². The average molecular weight is 298 g/mol. The molecule has 0 fully saturated rings. The van der Waals surface area contributed by atoms with Crippen molar-refractivity contribution in [2.45, 2.75) is 39.3 Å². The van der Waals surface area contributed by atoms with E-state index in [9.17, 15) is 4.79 Å². The highest BCUT2D eigenvalue weighted by Crippen LogP contribution is 2.16. The van der Waals surface area contributed by atoms with E-state index in [2.05, 4.69) is 21.0 Å². The first kappa shape index (κ1) is 14.9. The van der Waals surface area contributed by atoms with Crippen LogP contribution >= 0.6 is 0 Å². The Balaban J connectivity index is 1.69. The van der Waals surface area contributed by atoms with E-state index in [4.69, 9.17) is 0 Å². The maximum Gasteiger partial charge on any atom is 0.267 e. The van der Waals surface area contributed by atoms with Crippen molar-refractivity contribution in [2.24, 2.45) is 0 Å². The Kier molecular flexibility index (Phi) is 4.34. The Morgan fingerprint density at radius 3 is 2.91 bits per heavy atom. The van der Waals surface area contributed by atoms with Crippen molar-refractivity contribution in [1.29, 1.82) is 0 Å². The van der Waals surface area contributed by atoms with Gasteiger partial charge in [-0.1, -0.05) is 6.07 Å². The Labute approximate surface area is 130 Å². The zero-order chi connectivity index (χ0) is 15.5. The molecule has 22 heavy (non-hydrogen) atoms. The predicted molar refractivity (Wildman–Crippen MR) is 85.8 cm³/mol. The third-order valence-electron chi connectivity index (χ3n) is 4.08. The van der Waals surface area contributed by atoms with Crippen molar-refractivity contribution in [3.63, 3.8) is 0 Å². The largest absolute Gasteiger partial charge is 0.298 e. The number of fused-ring (bicyclic) bond motifs is 1. The van der Waals surface area contributed by atoms with Gasteiger partial charge in [-0.25, -0.2) is 4.68 Å². The minimum absolute atomic E-state index is 0.000302. The van der Waals surface area contributed by atoms with Crippen molar-refractivity contribution in [3.8, 4) is 0 Å². The zero-order valence-electron chi connectivity index (χ0n) is 13.2. The van der Waals surface area contributed by atoms with Gasteiger partial charge in [0.1, 0.15) is 0 Å². The third kappa shape index (κ3) is 3.25. The van der Waals surface area contributed by atoms with Gasteiger partial charge in [0.05, 0.1) is 11.7 Å². The highest BCUT2D eigenvalue weighted by Gasteiger charge is 2.19. The molecular formula is C17H22N4O. The van der Waals surface area contributed by atoms with Gasteiger partial charge in [0.15, 0.2) is 0 Å². The van der Waals surface area contributed by atoms with Crippen LogP contribution < -0.4 is 5.56 Å². The van der Waals surface area contributed by atoms with E-state index in [1.165, 1.54) is 0 Å². The second-order valence-electron chi connectivity index (χ2n) is 6.09. The van der Waals surface area contributed by atoms with Crippen LogP contribution in [0.4, 0.5) is 0 Å². The number of aromatic nitrogens is 3. The predicted octanol–water partition coefficient (Wildman–Crippen LogP) is 1.82. The van der Waals surface area contributed by atoms with Crippen molar-refractivity contribution in [3.05, 3.63) is 57.8 Å². The van der Waals surface area contributed by atoms with Gasteiger partial charge >= 0.3 is 0 Å². The van der Waals surface area contributed by atoms with E-state index in [-0.39, 0.29) is 11.6 Å². The van der Waals surface area contributed by atoms with Crippen LogP contribution in [-0.2, 0) is 19.4 Å². The average Bonchev–Trinajstić information content (AvgIpc) is 2.52. The first-order valence-electron chi connectivity index (χ1n) is 7.87. The van der Waals surface area contributed by atoms with Crippen LogP contribution in [0.3, 0.4) is 0 Å². The molecule has 0 saturated heterocycles. The monoisotopic (exact) mass is 298 g/mol. The second kappa shape index (κ2) is 6.40. The molecule has 0 atom stereocenters. The summed E-state index contributed by atoms with van der Waals surface area (Å²) >= 11 is 0. The summed E-state index contributed by atoms with van der Waals surface area (Å²) in [5.41, 5.74) is 3.26. The molecule has 3 heterocycles.